The van der Waals surface area contributed by atoms with Crippen LogP contribution >= 0.6 is 11.6 Å². The fraction of sp³-hybridized carbons (Fsp3) is 0.588. The quantitative estimate of drug-likeness (QED) is 0.789. The van der Waals surface area contributed by atoms with E-state index in [1.165, 1.54) is 37.9 Å². The topological polar surface area (TPSA) is 21.1 Å². The number of alkyl halides is 1. The highest BCUT2D eigenvalue weighted by molar-refractivity contribution is 6.20. The molecule has 0 N–H and O–H groups in total. The van der Waals surface area contributed by atoms with E-state index in [0.717, 1.165) is 17.9 Å². The highest BCUT2D eigenvalue weighted by Crippen LogP contribution is 2.25. The first kappa shape index (κ1) is 14.9. The van der Waals surface area contributed by atoms with Gasteiger partial charge in [-0.1, -0.05) is 18.6 Å². The zero-order chi connectivity index (χ0) is 14.8. The van der Waals surface area contributed by atoms with E-state index in [0.29, 0.717) is 6.04 Å². The van der Waals surface area contributed by atoms with Gasteiger partial charge in [-0.15, -0.1) is 11.6 Å². The second-order valence-electron chi connectivity index (χ2n) is 6.13. The monoisotopic (exact) mass is 305 g/mol. The first-order chi connectivity index (χ1) is 10.2. The van der Waals surface area contributed by atoms with Gasteiger partial charge in [0.15, 0.2) is 0 Å². The Bertz CT molecular complexity index is 599. The smallest absolute Gasteiger partial charge is 0.127 e. The molecule has 0 aliphatic carbocycles. The van der Waals surface area contributed by atoms with Crippen LogP contribution in [0.5, 0.6) is 0 Å². The van der Waals surface area contributed by atoms with Crippen molar-refractivity contribution in [1.82, 2.24) is 14.5 Å². The maximum Gasteiger partial charge on any atom is 0.127 e. The van der Waals surface area contributed by atoms with Crippen molar-refractivity contribution in [3.63, 3.8) is 0 Å². The summed E-state index contributed by atoms with van der Waals surface area (Å²) >= 11 is 6.35. The summed E-state index contributed by atoms with van der Waals surface area (Å²) in [6.07, 6.45) is 4.03. The fourth-order valence-corrected chi connectivity index (χ4v) is 3.50. The van der Waals surface area contributed by atoms with Gasteiger partial charge < -0.3 is 4.57 Å². The fourth-order valence-electron chi connectivity index (χ4n) is 3.33. The lowest BCUT2D eigenvalue weighted by Gasteiger charge is -2.33. The van der Waals surface area contributed by atoms with Gasteiger partial charge in [0.05, 0.1) is 16.4 Å². The number of halogens is 1. The summed E-state index contributed by atoms with van der Waals surface area (Å²) in [7, 11) is 0. The molecule has 0 spiro atoms. The minimum atomic E-state index is -0.0639. The summed E-state index contributed by atoms with van der Waals surface area (Å²) in [5.41, 5.74) is 2.25. The molecule has 0 radical (unpaired) electrons. The van der Waals surface area contributed by atoms with Crippen molar-refractivity contribution in [3.8, 4) is 0 Å². The molecule has 21 heavy (non-hydrogen) atoms. The van der Waals surface area contributed by atoms with Gasteiger partial charge >= 0.3 is 0 Å². The number of hydrogen-bond acceptors (Lipinski definition) is 2. The van der Waals surface area contributed by atoms with Crippen LogP contribution in [0.4, 0.5) is 0 Å². The van der Waals surface area contributed by atoms with Gasteiger partial charge in [0, 0.05) is 12.6 Å². The van der Waals surface area contributed by atoms with Gasteiger partial charge in [-0.05, 0) is 51.9 Å². The second-order valence-corrected chi connectivity index (χ2v) is 6.79. The molecule has 2 unspecified atom stereocenters. The second kappa shape index (κ2) is 6.37. The van der Waals surface area contributed by atoms with Crippen LogP contribution in [0.1, 0.15) is 44.3 Å². The van der Waals surface area contributed by atoms with Crippen LogP contribution in [0.25, 0.3) is 11.0 Å². The summed E-state index contributed by atoms with van der Waals surface area (Å²) < 4.78 is 2.31. The molecule has 1 aromatic carbocycles. The van der Waals surface area contributed by atoms with Crippen molar-refractivity contribution < 1.29 is 0 Å². The van der Waals surface area contributed by atoms with E-state index in [1.807, 2.05) is 13.0 Å². The molecule has 2 heterocycles. The molecule has 4 heteroatoms. The Morgan fingerprint density at radius 3 is 2.57 bits per heavy atom. The first-order valence-corrected chi connectivity index (χ1v) is 8.43. The molecule has 2 atom stereocenters. The van der Waals surface area contributed by atoms with E-state index in [4.69, 9.17) is 16.6 Å². The first-order valence-electron chi connectivity index (χ1n) is 8.00. The van der Waals surface area contributed by atoms with Gasteiger partial charge in [-0.3, -0.25) is 4.90 Å². The summed E-state index contributed by atoms with van der Waals surface area (Å²) in [5.74, 6) is 0.988. The number of piperidine rings is 1. The van der Waals surface area contributed by atoms with Crippen LogP contribution in [-0.2, 0) is 6.54 Å². The van der Waals surface area contributed by atoms with Gasteiger partial charge in [-0.25, -0.2) is 4.98 Å². The Labute approximate surface area is 131 Å². The third-order valence-corrected chi connectivity index (χ3v) is 4.70. The summed E-state index contributed by atoms with van der Waals surface area (Å²) in [5, 5.41) is -0.0639. The van der Waals surface area contributed by atoms with E-state index in [2.05, 4.69) is 34.6 Å². The molecular formula is C17H24ClN3. The Kier molecular flexibility index (Phi) is 4.51. The molecule has 2 aromatic rings. The molecule has 1 aliphatic rings. The van der Waals surface area contributed by atoms with E-state index >= 15 is 0 Å². The van der Waals surface area contributed by atoms with E-state index in [9.17, 15) is 0 Å². The Hall–Kier alpha value is -1.06. The van der Waals surface area contributed by atoms with Crippen molar-refractivity contribution >= 4 is 22.6 Å². The van der Waals surface area contributed by atoms with Gasteiger partial charge in [0.1, 0.15) is 5.82 Å². The maximum atomic E-state index is 6.35. The third-order valence-electron chi connectivity index (χ3n) is 4.50. The Morgan fingerprint density at radius 2 is 1.86 bits per heavy atom. The standard InChI is InChI=1S/C17H24ClN3/c1-13(20-10-6-3-7-11-20)12-21-16-9-5-4-8-15(16)19-17(21)14(2)18/h4-5,8-9,13-14H,3,6-7,10-12H2,1-2H3. The summed E-state index contributed by atoms with van der Waals surface area (Å²) in [4.78, 5) is 7.32. The van der Waals surface area contributed by atoms with Crippen molar-refractivity contribution in [2.45, 2.75) is 51.1 Å². The molecule has 1 saturated heterocycles. The number of hydrogen-bond donors (Lipinski definition) is 0. The molecule has 1 aliphatic heterocycles. The lowest BCUT2D eigenvalue weighted by Crippen LogP contribution is -2.40. The van der Waals surface area contributed by atoms with Crippen LogP contribution in [0, 0.1) is 0 Å². The van der Waals surface area contributed by atoms with Crippen LogP contribution in [0.15, 0.2) is 24.3 Å². The van der Waals surface area contributed by atoms with Crippen molar-refractivity contribution in [2.24, 2.45) is 0 Å². The average molecular weight is 306 g/mol. The molecule has 114 valence electrons. The summed E-state index contributed by atoms with van der Waals surface area (Å²) in [6.45, 7) is 7.74. The molecule has 0 bridgehead atoms. The number of rotatable bonds is 4. The Balaban J connectivity index is 1.89. The molecule has 0 amide bonds. The molecule has 1 fully saturated rings. The normalized spacial score (nSPS) is 19.8. The third kappa shape index (κ3) is 3.09. The van der Waals surface area contributed by atoms with Crippen LogP contribution in [0.3, 0.4) is 0 Å². The van der Waals surface area contributed by atoms with Gasteiger partial charge in [-0.2, -0.15) is 0 Å². The molecule has 3 rings (SSSR count). The minimum absolute atomic E-state index is 0.0639. The van der Waals surface area contributed by atoms with Crippen LogP contribution < -0.4 is 0 Å². The predicted octanol–water partition coefficient (Wildman–Crippen LogP) is 4.21. The van der Waals surface area contributed by atoms with Crippen LogP contribution in [-0.4, -0.2) is 33.6 Å². The zero-order valence-corrected chi connectivity index (χ0v) is 13.7. The average Bonchev–Trinajstić information content (AvgIpc) is 2.87. The molecule has 1 aromatic heterocycles. The van der Waals surface area contributed by atoms with E-state index in [1.54, 1.807) is 0 Å². The minimum Gasteiger partial charge on any atom is -0.325 e. The number of likely N-dealkylation sites (tertiary alicyclic amines) is 1. The number of imidazole rings is 1. The zero-order valence-electron chi connectivity index (χ0n) is 12.9. The van der Waals surface area contributed by atoms with Crippen molar-refractivity contribution in [2.75, 3.05) is 13.1 Å². The van der Waals surface area contributed by atoms with Crippen LogP contribution in [0.2, 0.25) is 0 Å². The summed E-state index contributed by atoms with van der Waals surface area (Å²) in [6, 6.07) is 8.86. The number of aromatic nitrogens is 2. The molecule has 3 nitrogen and oxygen atoms in total. The predicted molar refractivity (Wildman–Crippen MR) is 88.9 cm³/mol. The SMILES string of the molecule is CC(Cl)c1nc2ccccc2n1CC(C)N1CCCCC1. The highest BCUT2D eigenvalue weighted by atomic mass is 35.5. The Morgan fingerprint density at radius 1 is 1.14 bits per heavy atom. The lowest BCUT2D eigenvalue weighted by molar-refractivity contribution is 0.160. The maximum absolute atomic E-state index is 6.35. The van der Waals surface area contributed by atoms with E-state index < -0.39 is 0 Å². The van der Waals surface area contributed by atoms with Gasteiger partial charge in [0.25, 0.3) is 0 Å². The van der Waals surface area contributed by atoms with E-state index in [-0.39, 0.29) is 5.38 Å². The number of para-hydroxylation sites is 2. The lowest BCUT2D eigenvalue weighted by atomic mass is 10.1. The molecule has 0 saturated carbocycles. The van der Waals surface area contributed by atoms with Crippen molar-refractivity contribution in [3.05, 3.63) is 30.1 Å². The highest BCUT2D eigenvalue weighted by Gasteiger charge is 2.21. The number of fused-ring (bicyclic) bond motifs is 1. The number of benzene rings is 1. The largest absolute Gasteiger partial charge is 0.325 e. The van der Waals surface area contributed by atoms with Gasteiger partial charge in [0.2, 0.25) is 0 Å². The molecular weight excluding hydrogens is 282 g/mol. The number of nitrogens with zero attached hydrogens (tertiary/aromatic N) is 3. The van der Waals surface area contributed by atoms with Crippen molar-refractivity contribution in [1.29, 1.82) is 0 Å².